The third kappa shape index (κ3) is 3.70. The molecular weight excluding hydrogens is 447 g/mol. The second-order valence-electron chi connectivity index (χ2n) is 8.29. The third-order valence-electron chi connectivity index (χ3n) is 6.07. The van der Waals surface area contributed by atoms with Crippen molar-refractivity contribution in [2.45, 2.75) is 18.9 Å². The van der Waals surface area contributed by atoms with Crippen LogP contribution in [0.2, 0.25) is 0 Å². The Morgan fingerprint density at radius 2 is 1.97 bits per heavy atom. The van der Waals surface area contributed by atoms with Gasteiger partial charge >= 0.3 is 0 Å². The summed E-state index contributed by atoms with van der Waals surface area (Å²) < 4.78 is 14.6. The van der Waals surface area contributed by atoms with E-state index in [1.54, 1.807) is 30.3 Å². The molecule has 1 unspecified atom stereocenters. The molecule has 1 atom stereocenters. The zero-order chi connectivity index (χ0) is 23.3. The molecule has 3 aromatic rings. The van der Waals surface area contributed by atoms with Gasteiger partial charge in [0.15, 0.2) is 11.4 Å². The molecule has 170 valence electrons. The molecule has 0 radical (unpaired) electrons. The molecule has 1 fully saturated rings. The van der Waals surface area contributed by atoms with Gasteiger partial charge in [0.1, 0.15) is 16.9 Å². The van der Waals surface area contributed by atoms with Gasteiger partial charge in [0.2, 0.25) is 11.3 Å². The minimum atomic E-state index is -0.730. The normalized spacial score (nSPS) is 17.6. The molecule has 2 aromatic heterocycles. The number of benzene rings is 1. The summed E-state index contributed by atoms with van der Waals surface area (Å²) >= 11 is 1.27. The van der Waals surface area contributed by atoms with Crippen LogP contribution >= 0.6 is 11.3 Å². The fraction of sp³-hybridized carbons (Fsp3) is 0.304. The molecule has 1 N–H and O–H groups in total. The first kappa shape index (κ1) is 21.3. The molecular formula is C23H21FN4O4S. The Hall–Kier alpha value is -3.53. The van der Waals surface area contributed by atoms with Crippen LogP contribution in [0.25, 0.3) is 10.6 Å². The highest BCUT2D eigenvalue weighted by Gasteiger charge is 2.39. The van der Waals surface area contributed by atoms with Gasteiger partial charge in [-0.15, -0.1) is 11.3 Å². The number of thiazole rings is 1. The fourth-order valence-corrected chi connectivity index (χ4v) is 5.06. The van der Waals surface area contributed by atoms with Gasteiger partial charge in [-0.05, 0) is 24.1 Å². The van der Waals surface area contributed by atoms with Gasteiger partial charge in [0, 0.05) is 43.8 Å². The highest BCUT2D eigenvalue weighted by Crippen LogP contribution is 2.32. The van der Waals surface area contributed by atoms with Crippen molar-refractivity contribution in [3.63, 3.8) is 0 Å². The van der Waals surface area contributed by atoms with Crippen molar-refractivity contribution in [2.24, 2.45) is 0 Å². The van der Waals surface area contributed by atoms with Crippen LogP contribution in [-0.4, -0.2) is 63.0 Å². The first-order valence-electron chi connectivity index (χ1n) is 10.6. The van der Waals surface area contributed by atoms with E-state index < -0.39 is 23.1 Å². The molecule has 2 amide bonds. The van der Waals surface area contributed by atoms with E-state index in [4.69, 9.17) is 0 Å². The van der Waals surface area contributed by atoms with Crippen molar-refractivity contribution < 1.29 is 19.1 Å². The average molecular weight is 469 g/mol. The van der Waals surface area contributed by atoms with E-state index in [0.717, 1.165) is 16.9 Å². The molecule has 8 nitrogen and oxygen atoms in total. The SMILES string of the molecule is CN1CC(C(=O)N2CCC2)n2cc(-c3ncc(Cc4ccc(F)cc4)s3)c(=O)c(O)c2C1=O. The van der Waals surface area contributed by atoms with Gasteiger partial charge in [0.05, 0.1) is 12.1 Å². The molecule has 1 saturated heterocycles. The first-order chi connectivity index (χ1) is 15.8. The molecule has 1 aromatic carbocycles. The second-order valence-corrected chi connectivity index (χ2v) is 9.41. The summed E-state index contributed by atoms with van der Waals surface area (Å²) in [6.07, 6.45) is 4.53. The van der Waals surface area contributed by atoms with E-state index >= 15 is 0 Å². The fourth-order valence-electron chi connectivity index (χ4n) is 4.10. The maximum atomic E-state index is 13.2. The van der Waals surface area contributed by atoms with E-state index in [1.807, 2.05) is 0 Å². The van der Waals surface area contributed by atoms with Crippen LogP contribution in [0, 0.1) is 5.82 Å². The quantitative estimate of drug-likeness (QED) is 0.634. The van der Waals surface area contributed by atoms with Crippen molar-refractivity contribution in [3.8, 4) is 16.3 Å². The molecule has 0 aliphatic carbocycles. The highest BCUT2D eigenvalue weighted by atomic mass is 32.1. The predicted molar refractivity (Wildman–Crippen MR) is 120 cm³/mol. The van der Waals surface area contributed by atoms with E-state index in [2.05, 4.69) is 4.98 Å². The van der Waals surface area contributed by atoms with Crippen molar-refractivity contribution >= 4 is 23.2 Å². The number of amides is 2. The van der Waals surface area contributed by atoms with Gasteiger partial charge in [-0.3, -0.25) is 14.4 Å². The number of likely N-dealkylation sites (N-methyl/N-ethyl adjacent to an activating group) is 1. The van der Waals surface area contributed by atoms with Crippen LogP contribution in [-0.2, 0) is 11.2 Å². The number of hydrogen-bond donors (Lipinski definition) is 1. The largest absolute Gasteiger partial charge is 0.503 e. The minimum absolute atomic E-state index is 0.130. The van der Waals surface area contributed by atoms with Gasteiger partial charge in [0.25, 0.3) is 5.91 Å². The van der Waals surface area contributed by atoms with Crippen molar-refractivity contribution in [1.29, 1.82) is 0 Å². The van der Waals surface area contributed by atoms with Crippen LogP contribution in [0.5, 0.6) is 5.75 Å². The van der Waals surface area contributed by atoms with Crippen molar-refractivity contribution in [2.75, 3.05) is 26.7 Å². The molecule has 0 spiro atoms. The monoisotopic (exact) mass is 468 g/mol. The molecule has 33 heavy (non-hydrogen) atoms. The Kier molecular flexibility index (Phi) is 5.24. The molecule has 0 saturated carbocycles. The van der Waals surface area contributed by atoms with E-state index in [1.165, 1.54) is 39.1 Å². The van der Waals surface area contributed by atoms with Gasteiger partial charge in [-0.1, -0.05) is 12.1 Å². The average Bonchev–Trinajstić information content (AvgIpc) is 3.21. The number of carbonyl (C=O) groups excluding carboxylic acids is 2. The van der Waals surface area contributed by atoms with Crippen LogP contribution in [0.3, 0.4) is 0 Å². The van der Waals surface area contributed by atoms with Crippen LogP contribution in [0.15, 0.2) is 41.5 Å². The van der Waals surface area contributed by atoms with Gasteiger partial charge < -0.3 is 19.5 Å². The van der Waals surface area contributed by atoms with Gasteiger partial charge in [-0.2, -0.15) is 0 Å². The summed E-state index contributed by atoms with van der Waals surface area (Å²) in [6.45, 7) is 1.46. The number of nitrogens with zero attached hydrogens (tertiary/aromatic N) is 4. The van der Waals surface area contributed by atoms with Crippen LogP contribution in [0.1, 0.15) is 33.4 Å². The molecule has 5 rings (SSSR count). The molecule has 10 heteroatoms. The maximum Gasteiger partial charge on any atom is 0.274 e. The number of fused-ring (bicyclic) bond motifs is 1. The minimum Gasteiger partial charge on any atom is -0.503 e. The number of likely N-dealkylation sites (tertiary alicyclic amines) is 1. The standard InChI is InChI=1S/C23H21FN4O4S/c1-26-12-17(22(31)27-7-2-8-27)28-11-16(19(29)20(30)18(28)23(26)32)21-25-10-15(33-21)9-13-3-5-14(24)6-4-13/h3-6,10-11,17,30H,2,7-9,12H2,1H3. The van der Waals surface area contributed by atoms with E-state index in [-0.39, 0.29) is 29.5 Å². The molecule has 2 aliphatic heterocycles. The second kappa shape index (κ2) is 8.11. The Balaban J connectivity index is 1.54. The topological polar surface area (TPSA) is 95.7 Å². The Morgan fingerprint density at radius 1 is 1.24 bits per heavy atom. The smallest absolute Gasteiger partial charge is 0.274 e. The summed E-state index contributed by atoms with van der Waals surface area (Å²) in [5.41, 5.74) is 0.137. The van der Waals surface area contributed by atoms with Crippen molar-refractivity contribution in [3.05, 3.63) is 68.8 Å². The number of rotatable bonds is 4. The molecule has 4 heterocycles. The predicted octanol–water partition coefficient (Wildman–Crippen LogP) is 2.27. The number of aromatic hydroxyl groups is 1. The zero-order valence-corrected chi connectivity index (χ0v) is 18.6. The highest BCUT2D eigenvalue weighted by molar-refractivity contribution is 7.15. The lowest BCUT2D eigenvalue weighted by atomic mass is 10.1. The molecule has 0 bridgehead atoms. The number of aromatic nitrogens is 2. The number of halogens is 1. The van der Waals surface area contributed by atoms with Crippen LogP contribution < -0.4 is 5.43 Å². The summed E-state index contributed by atoms with van der Waals surface area (Å²) in [6, 6.07) is 5.40. The lowest BCUT2D eigenvalue weighted by Crippen LogP contribution is -2.52. The first-order valence-corrected chi connectivity index (χ1v) is 11.4. The third-order valence-corrected chi connectivity index (χ3v) is 7.10. The maximum absolute atomic E-state index is 13.2. The number of pyridine rings is 1. The van der Waals surface area contributed by atoms with Gasteiger partial charge in [-0.25, -0.2) is 9.37 Å². The summed E-state index contributed by atoms with van der Waals surface area (Å²) in [5.74, 6) is -1.66. The Labute approximate surface area is 192 Å². The Bertz CT molecular complexity index is 1310. The van der Waals surface area contributed by atoms with Crippen LogP contribution in [0.4, 0.5) is 4.39 Å². The lowest BCUT2D eigenvalue weighted by molar-refractivity contribution is -0.138. The number of carbonyl (C=O) groups is 2. The Morgan fingerprint density at radius 3 is 2.64 bits per heavy atom. The summed E-state index contributed by atoms with van der Waals surface area (Å²) in [5, 5.41) is 11.1. The van der Waals surface area contributed by atoms with Crippen molar-refractivity contribution in [1.82, 2.24) is 19.4 Å². The van der Waals surface area contributed by atoms with E-state index in [0.29, 0.717) is 24.5 Å². The zero-order valence-electron chi connectivity index (χ0n) is 17.8. The molecule has 2 aliphatic rings. The summed E-state index contributed by atoms with van der Waals surface area (Å²) in [7, 11) is 1.54. The number of hydrogen-bond acceptors (Lipinski definition) is 6. The lowest BCUT2D eigenvalue weighted by Gasteiger charge is -2.39. The van der Waals surface area contributed by atoms with E-state index in [9.17, 15) is 23.9 Å². The summed E-state index contributed by atoms with van der Waals surface area (Å²) in [4.78, 5) is 47.0.